The van der Waals surface area contributed by atoms with Gasteiger partial charge in [-0.05, 0) is 94.4 Å². The van der Waals surface area contributed by atoms with Gasteiger partial charge in [-0.3, -0.25) is 4.55 Å². The highest BCUT2D eigenvalue weighted by Crippen LogP contribution is 2.34. The van der Waals surface area contributed by atoms with Gasteiger partial charge in [0.2, 0.25) is 0 Å². The molecule has 0 bridgehead atoms. The third-order valence-electron chi connectivity index (χ3n) is 6.22. The smallest absolute Gasteiger partial charge is 0.344 e. The molecule has 4 rings (SSSR count). The first-order valence-electron chi connectivity index (χ1n) is 12.8. The zero-order valence-corrected chi connectivity index (χ0v) is 23.1. The Morgan fingerprint density at radius 1 is 0.714 bits per heavy atom. The lowest BCUT2D eigenvalue weighted by atomic mass is 9.93. The summed E-state index contributed by atoms with van der Waals surface area (Å²) in [6.45, 7) is -0.814. The van der Waals surface area contributed by atoms with Crippen molar-refractivity contribution in [1.82, 2.24) is 0 Å². The van der Waals surface area contributed by atoms with Crippen LogP contribution >= 0.6 is 0 Å². The second-order valence-corrected chi connectivity index (χ2v) is 11.1. The highest BCUT2D eigenvalue weighted by molar-refractivity contribution is 7.85. The number of carbonyl (C=O) groups is 1. The fourth-order valence-electron chi connectivity index (χ4n) is 4.22. The zero-order chi connectivity index (χ0) is 30.3. The minimum absolute atomic E-state index is 0.158. The summed E-state index contributed by atoms with van der Waals surface area (Å²) in [5.74, 6) is -5.41. The molecule has 0 unspecified atom stereocenters. The molecule has 3 N–H and O–H groups in total. The van der Waals surface area contributed by atoms with Gasteiger partial charge >= 0.3 is 5.97 Å². The molecule has 0 radical (unpaired) electrons. The van der Waals surface area contributed by atoms with Crippen LogP contribution in [-0.2, 0) is 19.6 Å². The van der Waals surface area contributed by atoms with Crippen LogP contribution < -0.4 is 4.74 Å². The van der Waals surface area contributed by atoms with Gasteiger partial charge in [0.25, 0.3) is 16.0 Å². The number of rotatable bonds is 12. The second-order valence-electron chi connectivity index (χ2n) is 9.61. The Labute approximate surface area is 241 Å². The Morgan fingerprint density at radius 3 is 1.57 bits per heavy atom. The van der Waals surface area contributed by atoms with Crippen molar-refractivity contribution in [2.75, 3.05) is 19.0 Å². The molecule has 0 atom stereocenters. The molecule has 0 spiro atoms. The van der Waals surface area contributed by atoms with Gasteiger partial charge in [-0.2, -0.15) is 8.42 Å². The lowest BCUT2D eigenvalue weighted by molar-refractivity contribution is -0.146. The predicted octanol–water partition coefficient (Wildman–Crippen LogP) is 6.32. The van der Waals surface area contributed by atoms with Crippen molar-refractivity contribution in [3.63, 3.8) is 0 Å². The van der Waals surface area contributed by atoms with E-state index in [1.807, 2.05) is 54.6 Å². The number of esters is 1. The van der Waals surface area contributed by atoms with E-state index in [1.165, 1.54) is 0 Å². The predicted molar refractivity (Wildman–Crippen MR) is 153 cm³/mol. The first-order chi connectivity index (χ1) is 19.9. The minimum atomic E-state index is -4.82. The molecular formula is C31H28F2O8S. The molecule has 0 aliphatic carbocycles. The fourth-order valence-corrected chi connectivity index (χ4v) is 4.90. The lowest BCUT2D eigenvalue weighted by Crippen LogP contribution is -2.28. The summed E-state index contributed by atoms with van der Waals surface area (Å²) >= 11 is 0. The van der Waals surface area contributed by atoms with E-state index in [0.717, 1.165) is 33.4 Å². The lowest BCUT2D eigenvalue weighted by Gasteiger charge is -2.14. The van der Waals surface area contributed by atoms with Crippen molar-refractivity contribution >= 4 is 16.1 Å². The summed E-state index contributed by atoms with van der Waals surface area (Å²) in [4.78, 5) is 11.9. The molecule has 0 aromatic heterocycles. The number of carbonyl (C=O) groups excluding carboxylic acids is 1. The number of alkyl halides is 2. The number of halogens is 2. The number of ether oxygens (including phenoxy) is 2. The van der Waals surface area contributed by atoms with Crippen molar-refractivity contribution in [2.45, 2.75) is 18.8 Å². The number of aromatic hydroxyl groups is 2. The van der Waals surface area contributed by atoms with Crippen molar-refractivity contribution in [1.29, 1.82) is 0 Å². The number of phenolic OH excluding ortho intramolecular Hbond substituents is 2. The highest BCUT2D eigenvalue weighted by atomic mass is 32.2. The monoisotopic (exact) mass is 598 g/mol. The first kappa shape index (κ1) is 30.5. The molecule has 8 nitrogen and oxygen atoms in total. The molecule has 0 saturated heterocycles. The molecule has 0 aliphatic rings. The number of phenols is 2. The average Bonchev–Trinajstić information content (AvgIpc) is 2.94. The second kappa shape index (κ2) is 13.0. The van der Waals surface area contributed by atoms with Crippen LogP contribution in [0, 0.1) is 0 Å². The Kier molecular flexibility index (Phi) is 9.44. The Balaban J connectivity index is 1.41. The van der Waals surface area contributed by atoms with Crippen LogP contribution in [0.2, 0.25) is 0 Å². The van der Waals surface area contributed by atoms with Gasteiger partial charge < -0.3 is 19.7 Å². The van der Waals surface area contributed by atoms with Crippen LogP contribution in [0.4, 0.5) is 8.78 Å². The summed E-state index contributed by atoms with van der Waals surface area (Å²) < 4.78 is 67.1. The van der Waals surface area contributed by atoms with E-state index in [4.69, 9.17) is 14.0 Å². The molecule has 4 aromatic carbocycles. The SMILES string of the molecule is O=C(COc1ccc(-c2cc(-c3ccc(O)cc3)cc(-c3ccc(O)cc3)c2)cc1)OCCCC(F)(F)CS(=O)(=O)O. The van der Waals surface area contributed by atoms with Gasteiger partial charge in [-0.25, -0.2) is 13.6 Å². The molecule has 220 valence electrons. The maximum Gasteiger partial charge on any atom is 0.344 e. The molecule has 42 heavy (non-hydrogen) atoms. The van der Waals surface area contributed by atoms with E-state index in [9.17, 15) is 32.2 Å². The first-order valence-corrected chi connectivity index (χ1v) is 14.4. The van der Waals surface area contributed by atoms with E-state index in [0.29, 0.717) is 5.75 Å². The van der Waals surface area contributed by atoms with Crippen molar-refractivity contribution in [3.05, 3.63) is 91.0 Å². The molecule has 4 aromatic rings. The molecular weight excluding hydrogens is 570 g/mol. The van der Waals surface area contributed by atoms with Gasteiger partial charge in [0, 0.05) is 6.42 Å². The van der Waals surface area contributed by atoms with Gasteiger partial charge in [0.15, 0.2) is 6.61 Å². The van der Waals surface area contributed by atoms with E-state index in [-0.39, 0.29) is 24.5 Å². The summed E-state index contributed by atoms with van der Waals surface area (Å²) in [6.07, 6.45) is -1.16. The molecule has 0 amide bonds. The molecule has 0 saturated carbocycles. The summed E-state index contributed by atoms with van der Waals surface area (Å²) in [5, 5.41) is 19.4. The van der Waals surface area contributed by atoms with Gasteiger partial charge in [0.1, 0.15) is 23.0 Å². The Morgan fingerprint density at radius 2 is 1.14 bits per heavy atom. The standard InChI is InChI=1S/C31H28F2O8S/c32-31(33,20-42(37,38)39)14-1-15-40-30(36)19-41-29-12-6-23(7-13-29)26-17-24(21-2-8-27(34)9-3-21)16-25(18-26)22-4-10-28(35)11-5-22/h2-13,16-18,34-35H,1,14-15,19-20H2,(H,37,38,39). The third kappa shape index (κ3) is 9.02. The van der Waals surface area contributed by atoms with E-state index < -0.39 is 40.8 Å². The molecule has 0 fully saturated rings. The molecule has 0 heterocycles. The van der Waals surface area contributed by atoms with Crippen molar-refractivity contribution < 1.29 is 46.2 Å². The normalized spacial score (nSPS) is 11.7. The fraction of sp³-hybridized carbons (Fsp3) is 0.194. The van der Waals surface area contributed by atoms with Crippen molar-refractivity contribution in [2.24, 2.45) is 0 Å². The summed E-state index contributed by atoms with van der Waals surface area (Å²) in [6, 6.07) is 26.7. The number of benzene rings is 4. The topological polar surface area (TPSA) is 130 Å². The van der Waals surface area contributed by atoms with Crippen LogP contribution in [0.25, 0.3) is 33.4 Å². The maximum absolute atomic E-state index is 13.5. The van der Waals surface area contributed by atoms with Crippen LogP contribution in [0.3, 0.4) is 0 Å². The van der Waals surface area contributed by atoms with Crippen LogP contribution in [0.15, 0.2) is 91.0 Å². The van der Waals surface area contributed by atoms with E-state index >= 15 is 0 Å². The van der Waals surface area contributed by atoms with E-state index in [1.54, 1.807) is 36.4 Å². The number of hydrogen-bond acceptors (Lipinski definition) is 7. The average molecular weight is 599 g/mol. The zero-order valence-electron chi connectivity index (χ0n) is 22.2. The minimum Gasteiger partial charge on any atom is -0.508 e. The van der Waals surface area contributed by atoms with E-state index in [2.05, 4.69) is 0 Å². The van der Waals surface area contributed by atoms with Crippen molar-refractivity contribution in [3.8, 4) is 50.6 Å². The third-order valence-corrected chi connectivity index (χ3v) is 7.01. The van der Waals surface area contributed by atoms with Crippen LogP contribution in [0.1, 0.15) is 12.8 Å². The van der Waals surface area contributed by atoms with Crippen LogP contribution in [-0.4, -0.2) is 54.0 Å². The van der Waals surface area contributed by atoms with Gasteiger partial charge in [-0.15, -0.1) is 0 Å². The quantitative estimate of drug-likeness (QED) is 0.0981. The molecule has 11 heteroatoms. The molecule has 0 aliphatic heterocycles. The largest absolute Gasteiger partial charge is 0.508 e. The Hall–Kier alpha value is -4.48. The van der Waals surface area contributed by atoms with Crippen LogP contribution in [0.5, 0.6) is 17.2 Å². The maximum atomic E-state index is 13.5. The van der Waals surface area contributed by atoms with Gasteiger partial charge in [0.05, 0.1) is 6.61 Å². The summed E-state index contributed by atoms with van der Waals surface area (Å²) in [5.41, 5.74) is 5.37. The number of hydrogen-bond donors (Lipinski definition) is 3. The highest BCUT2D eigenvalue weighted by Gasteiger charge is 2.34. The summed E-state index contributed by atoms with van der Waals surface area (Å²) in [7, 11) is -4.82. The Bertz CT molecular complexity index is 1560. The van der Waals surface area contributed by atoms with Gasteiger partial charge in [-0.1, -0.05) is 36.4 Å².